The second-order valence-corrected chi connectivity index (χ2v) is 13.6. The first-order valence-corrected chi connectivity index (χ1v) is 16.9. The highest BCUT2D eigenvalue weighted by Gasteiger charge is 2.27. The molecule has 250 valence electrons. The van der Waals surface area contributed by atoms with E-state index >= 15 is 0 Å². The Labute approximate surface area is 290 Å². The van der Waals surface area contributed by atoms with Crippen LogP contribution in [0, 0.1) is 24.0 Å². The third-order valence-corrected chi connectivity index (χ3v) is 9.71. The number of ether oxygens (including phenoxy) is 1. The van der Waals surface area contributed by atoms with Crippen LogP contribution >= 0.6 is 23.2 Å². The summed E-state index contributed by atoms with van der Waals surface area (Å²) >= 11 is 12.5. The van der Waals surface area contributed by atoms with Crippen molar-refractivity contribution < 1.29 is 27.3 Å². The van der Waals surface area contributed by atoms with E-state index in [0.717, 1.165) is 28.8 Å². The van der Waals surface area contributed by atoms with Crippen LogP contribution in [0.3, 0.4) is 0 Å². The summed E-state index contributed by atoms with van der Waals surface area (Å²) in [5.41, 5.74) is 2.42. The molecule has 0 saturated carbocycles. The number of furan rings is 1. The van der Waals surface area contributed by atoms with Crippen LogP contribution in [0.4, 0.5) is 11.4 Å². The summed E-state index contributed by atoms with van der Waals surface area (Å²) < 4.78 is 41.5. The highest BCUT2D eigenvalue weighted by molar-refractivity contribution is 7.90. The van der Waals surface area contributed by atoms with Gasteiger partial charge in [-0.05, 0) is 97.3 Å². The molecule has 2 aromatic heterocycles. The van der Waals surface area contributed by atoms with E-state index in [-0.39, 0.29) is 24.5 Å². The van der Waals surface area contributed by atoms with E-state index in [1.54, 1.807) is 48.5 Å². The highest BCUT2D eigenvalue weighted by atomic mass is 35.5. The van der Waals surface area contributed by atoms with Crippen molar-refractivity contribution in [3.05, 3.63) is 139 Å². The number of hydrogen-bond acceptors (Lipinski definition) is 9. The van der Waals surface area contributed by atoms with Gasteiger partial charge in [-0.2, -0.15) is 5.10 Å². The van der Waals surface area contributed by atoms with Crippen LogP contribution < -0.4 is 14.8 Å². The number of hydrogen-bond donors (Lipinski definition) is 2. The van der Waals surface area contributed by atoms with Gasteiger partial charge in [0.05, 0.1) is 34.7 Å². The van der Waals surface area contributed by atoms with Gasteiger partial charge < -0.3 is 14.5 Å². The number of aromatic nitrogens is 2. The van der Waals surface area contributed by atoms with Crippen molar-refractivity contribution in [1.82, 2.24) is 14.5 Å². The van der Waals surface area contributed by atoms with E-state index in [1.807, 2.05) is 30.7 Å². The molecule has 2 heterocycles. The fourth-order valence-corrected chi connectivity index (χ4v) is 6.45. The molecule has 0 fully saturated rings. The molecule has 0 saturated heterocycles. The first-order valence-electron chi connectivity index (χ1n) is 14.7. The zero-order chi connectivity index (χ0) is 34.9. The van der Waals surface area contributed by atoms with Crippen molar-refractivity contribution in [3.63, 3.8) is 0 Å². The van der Waals surface area contributed by atoms with Gasteiger partial charge in [-0.1, -0.05) is 35.3 Å². The average molecular weight is 721 g/mol. The van der Waals surface area contributed by atoms with Crippen LogP contribution in [0.5, 0.6) is 11.5 Å². The minimum absolute atomic E-state index is 0.0696. The molecule has 49 heavy (non-hydrogen) atoms. The van der Waals surface area contributed by atoms with Crippen molar-refractivity contribution in [1.29, 1.82) is 0 Å². The van der Waals surface area contributed by atoms with Gasteiger partial charge in [0, 0.05) is 21.5 Å². The second kappa shape index (κ2) is 13.6. The number of carbonyl (C=O) groups is 1. The normalized spacial score (nSPS) is 11.4. The number of benzene rings is 4. The number of nitro benzene ring substituents is 1. The Bertz CT molecular complexity index is 2300. The molecule has 0 bridgehead atoms. The van der Waals surface area contributed by atoms with Gasteiger partial charge in [0.1, 0.15) is 28.6 Å². The molecule has 0 atom stereocenters. The number of amides is 1. The molecule has 2 N–H and O–H groups in total. The topological polar surface area (TPSA) is 159 Å². The highest BCUT2D eigenvalue weighted by Crippen LogP contribution is 2.31. The number of nitrogens with one attached hydrogen (secondary N) is 2. The summed E-state index contributed by atoms with van der Waals surface area (Å²) in [6.45, 7) is 4.02. The maximum absolute atomic E-state index is 13.7. The summed E-state index contributed by atoms with van der Waals surface area (Å²) in [6.07, 6.45) is 1.46. The fraction of sp³-hybridized carbons (Fsp3) is 0.118. The lowest BCUT2D eigenvalue weighted by Gasteiger charge is -2.12. The predicted molar refractivity (Wildman–Crippen MR) is 185 cm³/mol. The van der Waals surface area contributed by atoms with Crippen molar-refractivity contribution in [2.45, 2.75) is 31.8 Å². The number of rotatable bonds is 11. The molecule has 0 unspecified atom stereocenters. The van der Waals surface area contributed by atoms with E-state index in [4.69, 9.17) is 32.4 Å². The summed E-state index contributed by atoms with van der Waals surface area (Å²) in [4.78, 5) is 24.4. The van der Waals surface area contributed by atoms with Crippen molar-refractivity contribution >= 4 is 61.4 Å². The van der Waals surface area contributed by atoms with Gasteiger partial charge in [0.2, 0.25) is 0 Å². The number of nitro groups is 1. The number of sulfonamides is 1. The van der Waals surface area contributed by atoms with E-state index in [9.17, 15) is 23.3 Å². The zero-order valence-electron chi connectivity index (χ0n) is 25.9. The van der Waals surface area contributed by atoms with Gasteiger partial charge in [0.25, 0.3) is 21.6 Å². The smallest absolute Gasteiger partial charge is 0.293 e. The Balaban J connectivity index is 1.25. The average Bonchev–Trinajstić information content (AvgIpc) is 3.70. The van der Waals surface area contributed by atoms with Gasteiger partial charge in [-0.3, -0.25) is 19.6 Å². The minimum atomic E-state index is -4.58. The van der Waals surface area contributed by atoms with Crippen molar-refractivity contribution in [2.24, 2.45) is 0 Å². The van der Waals surface area contributed by atoms with Crippen LogP contribution in [-0.2, 0) is 23.1 Å². The molecular formula is C34H27Cl2N5O7S. The lowest BCUT2D eigenvalue weighted by molar-refractivity contribution is -0.384. The molecular weight excluding hydrogens is 693 g/mol. The fourth-order valence-electron chi connectivity index (χ4n) is 5.20. The molecule has 6 rings (SSSR count). The minimum Gasteiger partial charge on any atom is -0.467 e. The first-order chi connectivity index (χ1) is 23.4. The lowest BCUT2D eigenvalue weighted by Crippen LogP contribution is -2.32. The molecule has 0 spiro atoms. The Morgan fingerprint density at radius 1 is 0.980 bits per heavy atom. The largest absolute Gasteiger partial charge is 0.467 e. The maximum atomic E-state index is 13.7. The summed E-state index contributed by atoms with van der Waals surface area (Å²) in [6, 6.07) is 22.2. The number of halogens is 2. The van der Waals surface area contributed by atoms with Crippen LogP contribution in [0.15, 0.2) is 101 Å². The summed E-state index contributed by atoms with van der Waals surface area (Å²) in [5, 5.41) is 20.5. The molecule has 12 nitrogen and oxygen atoms in total. The number of anilines is 1. The Morgan fingerprint density at radius 3 is 2.39 bits per heavy atom. The molecule has 0 aliphatic carbocycles. The van der Waals surface area contributed by atoms with E-state index < -0.39 is 31.4 Å². The third-order valence-electron chi connectivity index (χ3n) is 7.55. The van der Waals surface area contributed by atoms with Gasteiger partial charge in [-0.15, -0.1) is 0 Å². The molecule has 1 amide bonds. The summed E-state index contributed by atoms with van der Waals surface area (Å²) in [7, 11) is -4.58. The van der Waals surface area contributed by atoms with Crippen LogP contribution in [0.25, 0.3) is 10.9 Å². The van der Waals surface area contributed by atoms with Crippen molar-refractivity contribution in [2.75, 3.05) is 5.32 Å². The number of carbonyl (C=O) groups excluding carboxylic acids is 1. The van der Waals surface area contributed by atoms with Crippen LogP contribution in [0.1, 0.15) is 32.9 Å². The van der Waals surface area contributed by atoms with E-state index in [1.165, 1.54) is 23.1 Å². The quantitative estimate of drug-likeness (QED) is 0.0998. The van der Waals surface area contributed by atoms with Crippen molar-refractivity contribution in [3.8, 4) is 11.5 Å². The molecule has 15 heteroatoms. The molecule has 0 aliphatic heterocycles. The number of aryl methyl sites for hydroxylation is 2. The first kappa shape index (κ1) is 33.5. The molecule has 0 radical (unpaired) electrons. The molecule has 4 aromatic carbocycles. The Morgan fingerprint density at radius 2 is 1.71 bits per heavy atom. The van der Waals surface area contributed by atoms with Crippen LogP contribution in [-0.4, -0.2) is 29.0 Å². The number of fused-ring (bicyclic) bond motifs is 1. The molecule has 6 aromatic rings. The zero-order valence-corrected chi connectivity index (χ0v) is 28.3. The monoisotopic (exact) mass is 719 g/mol. The summed E-state index contributed by atoms with van der Waals surface area (Å²) in [5.74, 6) is 0.727. The SMILES string of the molecule is Cc1cc(Oc2ccc(Cn3nc4ccc(Cl)cc4c3C(=O)NS(=O)(=O)c3ccc(NCc4ccco4)c([N+](=O)[O-])c3)cc2)cc(C)c1Cl. The second-order valence-electron chi connectivity index (χ2n) is 11.1. The van der Waals surface area contributed by atoms with E-state index in [0.29, 0.717) is 38.2 Å². The van der Waals surface area contributed by atoms with E-state index in [2.05, 4.69) is 10.4 Å². The maximum Gasteiger partial charge on any atom is 0.293 e. The Hall–Kier alpha value is -5.37. The molecule has 0 aliphatic rings. The lowest BCUT2D eigenvalue weighted by atomic mass is 10.1. The predicted octanol–water partition coefficient (Wildman–Crippen LogP) is 8.03. The number of nitrogens with zero attached hydrogens (tertiary/aromatic N) is 3. The van der Waals surface area contributed by atoms with Crippen LogP contribution in [0.2, 0.25) is 10.0 Å². The van der Waals surface area contributed by atoms with Gasteiger partial charge >= 0.3 is 0 Å². The Kier molecular flexibility index (Phi) is 9.32. The third kappa shape index (κ3) is 7.38. The van der Waals surface area contributed by atoms with Gasteiger partial charge in [0.15, 0.2) is 0 Å². The standard InChI is InChI=1S/C34H27Cl2N5O7S/c1-20-14-26(15-21(2)32(20)36)48-24-8-5-22(6-9-24)19-40-33(28-16-23(35)7-11-29(28)38-40)34(42)39-49(45,46)27-10-12-30(31(17-27)41(43)44)37-18-25-4-3-13-47-25/h3-17,37H,18-19H2,1-2H3,(H,39,42). The van der Waals surface area contributed by atoms with Gasteiger partial charge in [-0.25, -0.2) is 13.1 Å².